The molecule has 1 aromatic rings. The molecule has 27 heavy (non-hydrogen) atoms. The topological polar surface area (TPSA) is 92.1 Å². The largest absolute Gasteiger partial charge is 0.472 e. The Hall–Kier alpha value is -2.51. The Morgan fingerprint density at radius 2 is 1.96 bits per heavy atom. The SMILES string of the molecule is CCOC(=O)N1CCC(NC(=O)C2CCCN(C(=O)c3ccoc3)C2)CC1. The summed E-state index contributed by atoms with van der Waals surface area (Å²) >= 11 is 0. The first-order valence-corrected chi connectivity index (χ1v) is 9.62. The van der Waals surface area contributed by atoms with Crippen LogP contribution in [0.5, 0.6) is 0 Å². The molecule has 1 N–H and O–H groups in total. The fraction of sp³-hybridized carbons (Fsp3) is 0.632. The molecule has 8 nitrogen and oxygen atoms in total. The molecular weight excluding hydrogens is 350 g/mol. The first-order valence-electron chi connectivity index (χ1n) is 9.62. The molecule has 8 heteroatoms. The summed E-state index contributed by atoms with van der Waals surface area (Å²) in [7, 11) is 0. The minimum atomic E-state index is -0.289. The average molecular weight is 377 g/mol. The second-order valence-corrected chi connectivity index (χ2v) is 7.07. The predicted molar refractivity (Wildman–Crippen MR) is 97.1 cm³/mol. The van der Waals surface area contributed by atoms with Gasteiger partial charge in [0, 0.05) is 32.2 Å². The molecule has 1 aromatic heterocycles. The van der Waals surface area contributed by atoms with Gasteiger partial charge in [-0.1, -0.05) is 0 Å². The zero-order valence-corrected chi connectivity index (χ0v) is 15.7. The van der Waals surface area contributed by atoms with Gasteiger partial charge in [0.05, 0.1) is 24.4 Å². The van der Waals surface area contributed by atoms with Crippen LogP contribution in [0.1, 0.15) is 43.0 Å². The van der Waals surface area contributed by atoms with Crippen molar-refractivity contribution in [2.75, 3.05) is 32.8 Å². The van der Waals surface area contributed by atoms with E-state index < -0.39 is 0 Å². The van der Waals surface area contributed by atoms with Gasteiger partial charge in [-0.15, -0.1) is 0 Å². The highest BCUT2D eigenvalue weighted by molar-refractivity contribution is 5.94. The van der Waals surface area contributed by atoms with E-state index in [0.29, 0.717) is 38.3 Å². The van der Waals surface area contributed by atoms with Crippen LogP contribution in [0.2, 0.25) is 0 Å². The molecule has 0 bridgehead atoms. The molecule has 1 unspecified atom stereocenters. The van der Waals surface area contributed by atoms with E-state index in [1.54, 1.807) is 22.8 Å². The molecule has 2 fully saturated rings. The lowest BCUT2D eigenvalue weighted by Gasteiger charge is -2.35. The third-order valence-corrected chi connectivity index (χ3v) is 5.21. The summed E-state index contributed by atoms with van der Waals surface area (Å²) in [6.07, 6.45) is 5.64. The highest BCUT2D eigenvalue weighted by Gasteiger charge is 2.31. The maximum Gasteiger partial charge on any atom is 0.409 e. The summed E-state index contributed by atoms with van der Waals surface area (Å²) in [5.74, 6) is -0.295. The van der Waals surface area contributed by atoms with Gasteiger partial charge in [0.1, 0.15) is 6.26 Å². The van der Waals surface area contributed by atoms with Crippen molar-refractivity contribution in [3.05, 3.63) is 24.2 Å². The second kappa shape index (κ2) is 8.92. The summed E-state index contributed by atoms with van der Waals surface area (Å²) in [6, 6.07) is 1.70. The van der Waals surface area contributed by atoms with Crippen LogP contribution >= 0.6 is 0 Å². The van der Waals surface area contributed by atoms with Crippen LogP contribution in [0, 0.1) is 5.92 Å². The molecule has 0 radical (unpaired) electrons. The summed E-state index contributed by atoms with van der Waals surface area (Å²) < 4.78 is 9.99. The molecule has 3 amide bonds. The van der Waals surface area contributed by atoms with Gasteiger partial charge in [0.2, 0.25) is 5.91 Å². The van der Waals surface area contributed by atoms with E-state index in [4.69, 9.17) is 9.15 Å². The molecule has 0 spiro atoms. The Kier molecular flexibility index (Phi) is 6.36. The van der Waals surface area contributed by atoms with Gasteiger partial charge in [-0.2, -0.15) is 0 Å². The number of furan rings is 1. The van der Waals surface area contributed by atoms with E-state index in [2.05, 4.69) is 5.32 Å². The number of nitrogens with zero attached hydrogens (tertiary/aromatic N) is 2. The number of carbonyl (C=O) groups is 3. The van der Waals surface area contributed by atoms with E-state index in [1.165, 1.54) is 12.5 Å². The van der Waals surface area contributed by atoms with Crippen molar-refractivity contribution >= 4 is 17.9 Å². The summed E-state index contributed by atoms with van der Waals surface area (Å²) in [6.45, 7) is 4.41. The number of hydrogen-bond acceptors (Lipinski definition) is 5. The van der Waals surface area contributed by atoms with Crippen LogP contribution in [0.3, 0.4) is 0 Å². The van der Waals surface area contributed by atoms with Crippen molar-refractivity contribution in [1.82, 2.24) is 15.1 Å². The van der Waals surface area contributed by atoms with Gasteiger partial charge < -0.3 is 24.3 Å². The summed E-state index contributed by atoms with van der Waals surface area (Å²) in [4.78, 5) is 40.3. The average Bonchev–Trinajstić information content (AvgIpc) is 3.23. The first kappa shape index (κ1) is 19.3. The van der Waals surface area contributed by atoms with E-state index in [0.717, 1.165) is 25.7 Å². The van der Waals surface area contributed by atoms with Gasteiger partial charge in [0.25, 0.3) is 5.91 Å². The van der Waals surface area contributed by atoms with Crippen LogP contribution in [0.4, 0.5) is 4.79 Å². The molecule has 0 saturated carbocycles. The lowest BCUT2D eigenvalue weighted by atomic mass is 9.95. The van der Waals surface area contributed by atoms with Gasteiger partial charge in [-0.3, -0.25) is 9.59 Å². The Morgan fingerprint density at radius 1 is 1.19 bits per heavy atom. The minimum Gasteiger partial charge on any atom is -0.472 e. The van der Waals surface area contributed by atoms with Crippen molar-refractivity contribution in [2.24, 2.45) is 5.92 Å². The van der Waals surface area contributed by atoms with E-state index >= 15 is 0 Å². The fourth-order valence-electron chi connectivity index (χ4n) is 3.68. The number of carbonyl (C=O) groups excluding carboxylic acids is 3. The molecular formula is C19H27N3O5. The molecule has 2 saturated heterocycles. The van der Waals surface area contributed by atoms with Crippen LogP contribution < -0.4 is 5.32 Å². The number of ether oxygens (including phenoxy) is 1. The molecule has 0 aromatic carbocycles. The Morgan fingerprint density at radius 3 is 2.63 bits per heavy atom. The van der Waals surface area contributed by atoms with E-state index in [9.17, 15) is 14.4 Å². The summed E-state index contributed by atoms with van der Waals surface area (Å²) in [5, 5.41) is 3.10. The Bertz CT molecular complexity index is 652. The maximum atomic E-state index is 12.7. The Labute approximate surface area is 158 Å². The lowest BCUT2D eigenvalue weighted by Crippen LogP contribution is -2.50. The van der Waals surface area contributed by atoms with Crippen molar-refractivity contribution in [2.45, 2.75) is 38.6 Å². The van der Waals surface area contributed by atoms with Crippen molar-refractivity contribution < 1.29 is 23.5 Å². The van der Waals surface area contributed by atoms with Gasteiger partial charge in [0.15, 0.2) is 0 Å². The van der Waals surface area contributed by atoms with Gasteiger partial charge >= 0.3 is 6.09 Å². The van der Waals surface area contributed by atoms with Crippen molar-refractivity contribution in [1.29, 1.82) is 0 Å². The Balaban J connectivity index is 1.47. The summed E-state index contributed by atoms with van der Waals surface area (Å²) in [5.41, 5.74) is 0.516. The molecule has 2 aliphatic rings. The second-order valence-electron chi connectivity index (χ2n) is 7.07. The number of likely N-dealkylation sites (tertiary alicyclic amines) is 2. The van der Waals surface area contributed by atoms with Gasteiger partial charge in [-0.25, -0.2) is 4.79 Å². The number of amides is 3. The zero-order chi connectivity index (χ0) is 19.2. The number of rotatable bonds is 4. The monoisotopic (exact) mass is 377 g/mol. The van der Waals surface area contributed by atoms with Crippen LogP contribution in [-0.2, 0) is 9.53 Å². The first-order chi connectivity index (χ1) is 13.1. The number of nitrogens with one attached hydrogen (secondary N) is 1. The smallest absolute Gasteiger partial charge is 0.409 e. The normalized spacial score (nSPS) is 21.0. The standard InChI is InChI=1S/C19H27N3O5/c1-2-27-19(25)21-9-5-16(6-10-21)20-17(23)14-4-3-8-22(12-14)18(24)15-7-11-26-13-15/h7,11,13-14,16H,2-6,8-10,12H2,1H3,(H,20,23). The molecule has 3 rings (SSSR count). The minimum absolute atomic E-state index is 0.00530. The van der Waals surface area contributed by atoms with Crippen molar-refractivity contribution in [3.63, 3.8) is 0 Å². The van der Waals surface area contributed by atoms with E-state index in [1.807, 2.05) is 0 Å². The third kappa shape index (κ3) is 4.81. The van der Waals surface area contributed by atoms with Crippen molar-refractivity contribution in [3.8, 4) is 0 Å². The van der Waals surface area contributed by atoms with E-state index in [-0.39, 0.29) is 29.9 Å². The predicted octanol–water partition coefficient (Wildman–Crippen LogP) is 1.87. The van der Waals surface area contributed by atoms with Gasteiger partial charge in [-0.05, 0) is 38.7 Å². The number of piperidine rings is 2. The quantitative estimate of drug-likeness (QED) is 0.865. The fourth-order valence-corrected chi connectivity index (χ4v) is 3.68. The zero-order valence-electron chi connectivity index (χ0n) is 15.7. The lowest BCUT2D eigenvalue weighted by molar-refractivity contribution is -0.127. The highest BCUT2D eigenvalue weighted by Crippen LogP contribution is 2.20. The maximum absolute atomic E-state index is 12.7. The highest BCUT2D eigenvalue weighted by atomic mass is 16.6. The molecule has 1 atom stereocenters. The van der Waals surface area contributed by atoms with Crippen LogP contribution in [0.25, 0.3) is 0 Å². The molecule has 3 heterocycles. The molecule has 0 aliphatic carbocycles. The van der Waals surface area contributed by atoms with Crippen LogP contribution in [-0.4, -0.2) is 66.5 Å². The molecule has 2 aliphatic heterocycles. The van der Waals surface area contributed by atoms with Crippen LogP contribution in [0.15, 0.2) is 23.0 Å². The molecule has 148 valence electrons. The third-order valence-electron chi connectivity index (χ3n) is 5.21. The number of hydrogen-bond donors (Lipinski definition) is 1.